The molecule has 1 saturated carbocycles. The summed E-state index contributed by atoms with van der Waals surface area (Å²) in [7, 11) is 4.28. The van der Waals surface area contributed by atoms with E-state index in [1.54, 1.807) is 0 Å². The van der Waals surface area contributed by atoms with E-state index in [1.807, 2.05) is 11.9 Å². The Morgan fingerprint density at radius 2 is 2.00 bits per heavy atom. The lowest BCUT2D eigenvalue weighted by molar-refractivity contribution is -0.0579. The van der Waals surface area contributed by atoms with Crippen molar-refractivity contribution in [2.24, 2.45) is 10.8 Å². The lowest BCUT2D eigenvalue weighted by Crippen LogP contribution is -2.58. The summed E-state index contributed by atoms with van der Waals surface area (Å²) in [5.74, 6) is 0. The first-order chi connectivity index (χ1) is 10.1. The minimum absolute atomic E-state index is 0.00290. The van der Waals surface area contributed by atoms with E-state index in [0.717, 1.165) is 12.8 Å². The van der Waals surface area contributed by atoms with Crippen molar-refractivity contribution in [2.45, 2.75) is 90.6 Å². The molecule has 3 atom stereocenters. The summed E-state index contributed by atoms with van der Waals surface area (Å²) in [5.41, 5.74) is 0.329. The van der Waals surface area contributed by atoms with E-state index in [1.165, 1.54) is 25.7 Å². The molecule has 1 aliphatic heterocycles. The van der Waals surface area contributed by atoms with E-state index < -0.39 is 0 Å². The molecule has 2 rings (SSSR count). The lowest BCUT2D eigenvalue weighted by atomic mass is 9.37. The molecule has 0 aromatic rings. The molecule has 1 aliphatic carbocycles. The average molecular weight is 307 g/mol. The average Bonchev–Trinajstić information content (AvgIpc) is 2.71. The Hall–Kier alpha value is -0.665. The maximum Gasteiger partial charge on any atom is 0.410 e. The fourth-order valence-corrected chi connectivity index (χ4v) is 4.99. The normalized spacial score (nSPS) is 34.5. The SMILES string of the molecule is BC1(C(C)(C)CCCCC)C2OC(=O)N(C)C2CCC1(C)C. The van der Waals surface area contributed by atoms with Crippen molar-refractivity contribution < 1.29 is 9.53 Å². The van der Waals surface area contributed by atoms with Crippen molar-refractivity contribution in [3.8, 4) is 0 Å². The summed E-state index contributed by atoms with van der Waals surface area (Å²) in [6.07, 6.45) is 7.09. The molecule has 22 heavy (non-hydrogen) atoms. The highest BCUT2D eigenvalue weighted by Gasteiger charge is 2.64. The Morgan fingerprint density at radius 1 is 1.36 bits per heavy atom. The molecule has 0 bridgehead atoms. The standard InChI is InChI=1S/C18H34BNO2/c1-7-8-9-11-16(2,3)18(19)14-13(10-12-17(18,4)5)20(6)15(21)22-14/h13-14H,7-12,19H2,1-6H3. The maximum atomic E-state index is 12.1. The van der Waals surface area contributed by atoms with E-state index in [-0.39, 0.29) is 34.4 Å². The van der Waals surface area contributed by atoms with Crippen LogP contribution in [0.15, 0.2) is 0 Å². The molecule has 2 fully saturated rings. The third kappa shape index (κ3) is 2.47. The van der Waals surface area contributed by atoms with Crippen molar-refractivity contribution in [3.63, 3.8) is 0 Å². The van der Waals surface area contributed by atoms with Gasteiger partial charge in [0.25, 0.3) is 0 Å². The van der Waals surface area contributed by atoms with Gasteiger partial charge in [0.1, 0.15) is 14.0 Å². The second-order valence-corrected chi connectivity index (χ2v) is 8.95. The quantitative estimate of drug-likeness (QED) is 0.567. The summed E-state index contributed by atoms with van der Waals surface area (Å²) >= 11 is 0. The molecule has 0 aromatic carbocycles. The summed E-state index contributed by atoms with van der Waals surface area (Å²) in [6, 6.07) is 0.246. The van der Waals surface area contributed by atoms with Gasteiger partial charge in [-0.25, -0.2) is 4.79 Å². The minimum Gasteiger partial charge on any atom is -0.444 e. The number of amides is 1. The van der Waals surface area contributed by atoms with Crippen LogP contribution in [0.1, 0.15) is 73.1 Å². The smallest absolute Gasteiger partial charge is 0.410 e. The van der Waals surface area contributed by atoms with Crippen molar-refractivity contribution in [1.82, 2.24) is 4.90 Å². The molecule has 126 valence electrons. The second-order valence-electron chi connectivity index (χ2n) is 8.95. The number of rotatable bonds is 5. The van der Waals surface area contributed by atoms with Crippen LogP contribution < -0.4 is 0 Å². The lowest BCUT2D eigenvalue weighted by Gasteiger charge is -2.60. The molecular formula is C18H34BNO2. The van der Waals surface area contributed by atoms with Crippen molar-refractivity contribution >= 4 is 13.9 Å². The Morgan fingerprint density at radius 3 is 2.59 bits per heavy atom. The first-order valence-corrected chi connectivity index (χ1v) is 9.02. The number of carbonyl (C=O) groups excluding carboxylic acids is 1. The molecule has 1 heterocycles. The first kappa shape index (κ1) is 17.7. The number of nitrogens with zero attached hydrogens (tertiary/aromatic N) is 1. The van der Waals surface area contributed by atoms with E-state index in [9.17, 15) is 4.79 Å². The maximum absolute atomic E-state index is 12.1. The molecule has 0 N–H and O–H groups in total. The molecule has 4 heteroatoms. The highest BCUT2D eigenvalue weighted by Crippen LogP contribution is 2.66. The van der Waals surface area contributed by atoms with Crippen LogP contribution in [0.5, 0.6) is 0 Å². The van der Waals surface area contributed by atoms with Crippen molar-refractivity contribution in [2.75, 3.05) is 7.05 Å². The summed E-state index contributed by atoms with van der Waals surface area (Å²) in [6.45, 7) is 11.8. The zero-order valence-corrected chi connectivity index (χ0v) is 15.7. The van der Waals surface area contributed by atoms with Crippen LogP contribution in [0.4, 0.5) is 4.79 Å². The Balaban J connectivity index is 2.35. The number of hydrogen-bond acceptors (Lipinski definition) is 2. The van der Waals surface area contributed by atoms with Gasteiger partial charge in [0.05, 0.1) is 6.04 Å². The number of likely N-dealkylation sites (N-methyl/N-ethyl adjacent to an activating group) is 1. The fourth-order valence-electron chi connectivity index (χ4n) is 4.99. The van der Waals surface area contributed by atoms with Crippen LogP contribution in [0.3, 0.4) is 0 Å². The number of fused-ring (bicyclic) bond motifs is 1. The third-order valence-electron chi connectivity index (χ3n) is 7.21. The fraction of sp³-hybridized carbons (Fsp3) is 0.944. The van der Waals surface area contributed by atoms with Gasteiger partial charge in [0.15, 0.2) is 0 Å². The number of hydrogen-bond donors (Lipinski definition) is 0. The van der Waals surface area contributed by atoms with Gasteiger partial charge in [-0.2, -0.15) is 0 Å². The van der Waals surface area contributed by atoms with Gasteiger partial charge in [-0.1, -0.05) is 53.9 Å². The van der Waals surface area contributed by atoms with Crippen LogP contribution in [-0.4, -0.2) is 38.0 Å². The van der Waals surface area contributed by atoms with Crippen molar-refractivity contribution in [3.05, 3.63) is 0 Å². The zero-order valence-electron chi connectivity index (χ0n) is 15.7. The first-order valence-electron chi connectivity index (χ1n) is 9.02. The zero-order chi connectivity index (χ0) is 16.8. The molecule has 3 nitrogen and oxygen atoms in total. The molecule has 1 amide bonds. The van der Waals surface area contributed by atoms with Crippen molar-refractivity contribution in [1.29, 1.82) is 0 Å². The van der Waals surface area contributed by atoms with Gasteiger partial charge in [0, 0.05) is 7.05 Å². The predicted octanol–water partition coefficient (Wildman–Crippen LogP) is 4.02. The van der Waals surface area contributed by atoms with Crippen LogP contribution in [-0.2, 0) is 4.74 Å². The van der Waals surface area contributed by atoms with Gasteiger partial charge in [-0.15, -0.1) is 0 Å². The molecule has 3 unspecified atom stereocenters. The molecule has 0 spiro atoms. The molecule has 2 aliphatic rings. The van der Waals surface area contributed by atoms with Gasteiger partial charge < -0.3 is 9.64 Å². The van der Waals surface area contributed by atoms with Gasteiger partial charge in [0.2, 0.25) is 0 Å². The van der Waals surface area contributed by atoms with Crippen LogP contribution in [0.2, 0.25) is 5.31 Å². The van der Waals surface area contributed by atoms with E-state index in [2.05, 4.69) is 42.5 Å². The number of unbranched alkanes of at least 4 members (excludes halogenated alkanes) is 2. The number of ether oxygens (including phenoxy) is 1. The summed E-state index contributed by atoms with van der Waals surface area (Å²) in [5, 5.41) is -0.00290. The Bertz CT molecular complexity index is 435. The van der Waals surface area contributed by atoms with Crippen LogP contribution in [0, 0.1) is 10.8 Å². The van der Waals surface area contributed by atoms with Crippen LogP contribution >= 0.6 is 0 Å². The predicted molar refractivity (Wildman–Crippen MR) is 94.0 cm³/mol. The number of carbonyl (C=O) groups is 1. The van der Waals surface area contributed by atoms with E-state index >= 15 is 0 Å². The Kier molecular flexibility index (Phi) is 4.63. The third-order valence-corrected chi connectivity index (χ3v) is 7.21. The highest BCUT2D eigenvalue weighted by molar-refractivity contribution is 6.17. The summed E-state index contributed by atoms with van der Waals surface area (Å²) in [4.78, 5) is 14.0. The topological polar surface area (TPSA) is 29.5 Å². The van der Waals surface area contributed by atoms with Gasteiger partial charge in [-0.3, -0.25) is 0 Å². The minimum atomic E-state index is -0.136. The molecule has 1 saturated heterocycles. The second kappa shape index (κ2) is 5.76. The largest absolute Gasteiger partial charge is 0.444 e. The summed E-state index contributed by atoms with van der Waals surface area (Å²) < 4.78 is 5.91. The van der Waals surface area contributed by atoms with E-state index in [0.29, 0.717) is 0 Å². The van der Waals surface area contributed by atoms with Crippen LogP contribution in [0.25, 0.3) is 0 Å². The molecule has 0 radical (unpaired) electrons. The highest BCUT2D eigenvalue weighted by atomic mass is 16.6. The monoisotopic (exact) mass is 307 g/mol. The Labute approximate surface area is 137 Å². The van der Waals surface area contributed by atoms with Gasteiger partial charge in [-0.05, 0) is 35.4 Å². The van der Waals surface area contributed by atoms with E-state index in [4.69, 9.17) is 4.74 Å². The molecular weight excluding hydrogens is 273 g/mol. The van der Waals surface area contributed by atoms with Gasteiger partial charge >= 0.3 is 6.09 Å². The molecule has 0 aromatic heterocycles.